The van der Waals surface area contributed by atoms with Crippen LogP contribution >= 0.6 is 11.6 Å². The van der Waals surface area contributed by atoms with Gasteiger partial charge in [0.25, 0.3) is 10.1 Å². The van der Waals surface area contributed by atoms with Crippen LogP contribution in [0.15, 0.2) is 16.3 Å². The van der Waals surface area contributed by atoms with Crippen LogP contribution in [0.1, 0.15) is 0 Å². The van der Waals surface area contributed by atoms with Crippen LogP contribution in [0.2, 0.25) is 0 Å². The summed E-state index contributed by atoms with van der Waals surface area (Å²) in [7, 11) is -3.95. The number of nitrogens with one attached hydrogen (secondary N) is 2. The second kappa shape index (κ2) is 4.60. The first kappa shape index (κ1) is 11.2. The van der Waals surface area contributed by atoms with Gasteiger partial charge in [-0.3, -0.25) is 9.98 Å². The highest BCUT2D eigenvalue weighted by molar-refractivity contribution is 7.85. The maximum absolute atomic E-state index is 10.3. The zero-order chi connectivity index (χ0) is 10.6. The van der Waals surface area contributed by atoms with Crippen molar-refractivity contribution < 1.29 is 13.0 Å². The summed E-state index contributed by atoms with van der Waals surface area (Å²) in [6, 6.07) is 0. The maximum atomic E-state index is 10.3. The van der Waals surface area contributed by atoms with Gasteiger partial charge in [-0.1, -0.05) is 11.6 Å². The van der Waals surface area contributed by atoms with Crippen molar-refractivity contribution in [1.82, 2.24) is 16.1 Å². The molecule has 0 saturated heterocycles. The van der Waals surface area contributed by atoms with Gasteiger partial charge >= 0.3 is 0 Å². The molecule has 1 aliphatic heterocycles. The number of nitrogens with zero attached hydrogens (tertiary/aromatic N) is 2. The zero-order valence-corrected chi connectivity index (χ0v) is 8.59. The molecular formula is C5H9ClN4O3S. The van der Waals surface area contributed by atoms with Gasteiger partial charge in [-0.25, -0.2) is 0 Å². The summed E-state index contributed by atoms with van der Waals surface area (Å²) in [6.45, 7) is 0.0212. The molecule has 0 saturated carbocycles. The fraction of sp³-hybridized carbons (Fsp3) is 0.400. The molecule has 9 heteroatoms. The fourth-order valence-electron chi connectivity index (χ4n) is 0.694. The molecule has 0 aromatic carbocycles. The third-order valence-corrected chi connectivity index (χ3v) is 2.17. The van der Waals surface area contributed by atoms with E-state index in [9.17, 15) is 8.42 Å². The van der Waals surface area contributed by atoms with Crippen molar-refractivity contribution >= 4 is 27.9 Å². The summed E-state index contributed by atoms with van der Waals surface area (Å²) in [4.78, 5) is 0. The number of hydrazine groups is 2. The van der Waals surface area contributed by atoms with Crippen LogP contribution in [0.25, 0.3) is 0 Å². The second-order valence-electron chi connectivity index (χ2n) is 2.40. The molecule has 0 aromatic rings. The molecule has 0 fully saturated rings. The zero-order valence-electron chi connectivity index (χ0n) is 7.01. The van der Waals surface area contributed by atoms with E-state index in [4.69, 9.17) is 16.2 Å². The van der Waals surface area contributed by atoms with Crippen LogP contribution in [-0.2, 0) is 10.1 Å². The minimum atomic E-state index is -3.95. The van der Waals surface area contributed by atoms with Crippen molar-refractivity contribution in [2.45, 2.75) is 0 Å². The highest BCUT2D eigenvalue weighted by Gasteiger charge is 2.07. The van der Waals surface area contributed by atoms with E-state index in [0.717, 1.165) is 5.23 Å². The average molecular weight is 241 g/mol. The van der Waals surface area contributed by atoms with Crippen molar-refractivity contribution in [2.24, 2.45) is 5.10 Å². The summed E-state index contributed by atoms with van der Waals surface area (Å²) >= 11 is 5.59. The molecule has 0 bridgehead atoms. The first-order valence-corrected chi connectivity index (χ1v) is 5.61. The van der Waals surface area contributed by atoms with Crippen LogP contribution in [0.3, 0.4) is 0 Å². The van der Waals surface area contributed by atoms with Gasteiger partial charge in [-0.2, -0.15) is 13.8 Å². The van der Waals surface area contributed by atoms with Crippen LogP contribution < -0.4 is 10.9 Å². The van der Waals surface area contributed by atoms with E-state index < -0.39 is 15.9 Å². The van der Waals surface area contributed by atoms with Crippen LogP contribution in [-0.4, -0.2) is 36.7 Å². The molecule has 1 heterocycles. The van der Waals surface area contributed by atoms with Crippen molar-refractivity contribution in [3.05, 3.63) is 11.2 Å². The van der Waals surface area contributed by atoms with E-state index in [2.05, 4.69) is 16.0 Å². The van der Waals surface area contributed by atoms with Crippen molar-refractivity contribution in [3.8, 4) is 0 Å². The standard InChI is InChI=1S/C5H9ClN4O3S/c6-5-1-2-7-10(9-5)8-3-4-14(11,12)13/h1-2,8-9H,3-4H2,(H,11,12,13). The molecule has 1 aliphatic rings. The third kappa shape index (κ3) is 4.42. The largest absolute Gasteiger partial charge is 0.286 e. The van der Waals surface area contributed by atoms with Gasteiger partial charge in [0.2, 0.25) is 0 Å². The van der Waals surface area contributed by atoms with Crippen molar-refractivity contribution in [1.29, 1.82) is 0 Å². The highest BCUT2D eigenvalue weighted by Crippen LogP contribution is 1.99. The van der Waals surface area contributed by atoms with Gasteiger partial charge in [0.05, 0.1) is 12.0 Å². The predicted molar refractivity (Wildman–Crippen MR) is 51.8 cm³/mol. The normalized spacial score (nSPS) is 16.4. The van der Waals surface area contributed by atoms with Crippen LogP contribution in [0.4, 0.5) is 0 Å². The molecule has 0 amide bonds. The van der Waals surface area contributed by atoms with Crippen molar-refractivity contribution in [3.63, 3.8) is 0 Å². The van der Waals surface area contributed by atoms with E-state index >= 15 is 0 Å². The smallest absolute Gasteiger partial charge is 0.266 e. The van der Waals surface area contributed by atoms with E-state index in [0.29, 0.717) is 5.16 Å². The van der Waals surface area contributed by atoms with Crippen LogP contribution in [0.5, 0.6) is 0 Å². The number of rotatable bonds is 4. The van der Waals surface area contributed by atoms with E-state index in [1.54, 1.807) is 0 Å². The Hall–Kier alpha value is -0.830. The summed E-state index contributed by atoms with van der Waals surface area (Å²) in [6.07, 6.45) is 2.96. The predicted octanol–water partition coefficient (Wildman–Crippen LogP) is -0.735. The first-order chi connectivity index (χ1) is 6.47. The van der Waals surface area contributed by atoms with Gasteiger partial charge in [0.1, 0.15) is 5.16 Å². The average Bonchev–Trinajstić information content (AvgIpc) is 2.01. The van der Waals surface area contributed by atoms with Gasteiger partial charge in [-0.05, 0) is 6.08 Å². The van der Waals surface area contributed by atoms with Gasteiger partial charge < -0.3 is 0 Å². The molecule has 14 heavy (non-hydrogen) atoms. The van der Waals surface area contributed by atoms with Gasteiger partial charge in [-0.15, -0.1) is 10.3 Å². The monoisotopic (exact) mass is 240 g/mol. The lowest BCUT2D eigenvalue weighted by Gasteiger charge is -2.22. The quantitative estimate of drug-likeness (QED) is 0.443. The lowest BCUT2D eigenvalue weighted by Crippen LogP contribution is -2.45. The van der Waals surface area contributed by atoms with E-state index in [1.165, 1.54) is 12.3 Å². The Kier molecular flexibility index (Phi) is 3.69. The molecule has 0 unspecified atom stereocenters. The van der Waals surface area contributed by atoms with Gasteiger partial charge in [0.15, 0.2) is 0 Å². The topological polar surface area (TPSA) is 94.0 Å². The molecule has 1 rings (SSSR count). The summed E-state index contributed by atoms with van der Waals surface area (Å²) in [5.41, 5.74) is 5.15. The Bertz CT molecular complexity index is 352. The van der Waals surface area contributed by atoms with E-state index in [1.807, 2.05) is 0 Å². The number of hydrogen-bond acceptors (Lipinski definition) is 6. The SMILES string of the molecule is O=S(=O)(O)CCNN1N=CC=C(Cl)N1. The van der Waals surface area contributed by atoms with Crippen LogP contribution in [0, 0.1) is 0 Å². The summed E-state index contributed by atoms with van der Waals surface area (Å²) < 4.78 is 29.1. The maximum Gasteiger partial charge on any atom is 0.266 e. The molecule has 80 valence electrons. The Morgan fingerprint density at radius 1 is 1.71 bits per heavy atom. The molecule has 0 aliphatic carbocycles. The Balaban J connectivity index is 2.27. The first-order valence-electron chi connectivity index (χ1n) is 3.62. The number of allylic oxidation sites excluding steroid dienone is 1. The number of halogens is 1. The molecule has 7 nitrogen and oxygen atoms in total. The lowest BCUT2D eigenvalue weighted by atomic mass is 10.6. The Labute approximate surface area is 86.1 Å². The summed E-state index contributed by atoms with van der Waals surface area (Å²) in [5.74, 6) is -0.401. The van der Waals surface area contributed by atoms with E-state index in [-0.39, 0.29) is 6.54 Å². The Morgan fingerprint density at radius 3 is 3.00 bits per heavy atom. The third-order valence-electron chi connectivity index (χ3n) is 1.24. The minimum Gasteiger partial charge on any atom is -0.286 e. The fourth-order valence-corrected chi connectivity index (χ4v) is 1.18. The lowest BCUT2D eigenvalue weighted by molar-refractivity contribution is 0.147. The van der Waals surface area contributed by atoms with Crippen molar-refractivity contribution in [2.75, 3.05) is 12.3 Å². The molecular weight excluding hydrogens is 232 g/mol. The number of hydrazone groups is 1. The molecule has 0 spiro atoms. The molecule has 3 N–H and O–H groups in total. The van der Waals surface area contributed by atoms with Gasteiger partial charge in [0, 0.05) is 6.54 Å². The highest BCUT2D eigenvalue weighted by atomic mass is 35.5. The number of hydrogen-bond donors (Lipinski definition) is 3. The molecule has 0 atom stereocenters. The molecule has 0 radical (unpaired) electrons. The molecule has 0 aromatic heterocycles. The Morgan fingerprint density at radius 2 is 2.43 bits per heavy atom. The summed E-state index contributed by atoms with van der Waals surface area (Å²) in [5, 5.41) is 5.24. The second-order valence-corrected chi connectivity index (χ2v) is 4.38. The minimum absolute atomic E-state index is 0.0212.